The molecule has 1 aromatic heterocycles. The maximum atomic E-state index is 12.3. The number of carbonyl (C=O) groups is 1. The van der Waals surface area contributed by atoms with Crippen molar-refractivity contribution in [2.75, 3.05) is 6.61 Å². The minimum atomic E-state index is -1.16. The summed E-state index contributed by atoms with van der Waals surface area (Å²) in [7, 11) is 0. The van der Waals surface area contributed by atoms with Gasteiger partial charge in [-0.15, -0.1) is 0 Å². The van der Waals surface area contributed by atoms with E-state index in [-0.39, 0.29) is 11.7 Å². The van der Waals surface area contributed by atoms with Gasteiger partial charge in [-0.2, -0.15) is 0 Å². The van der Waals surface area contributed by atoms with Crippen LogP contribution in [0, 0.1) is 6.92 Å². The Morgan fingerprint density at radius 3 is 2.68 bits per heavy atom. The minimum absolute atomic E-state index is 0.0818. The number of pyridine rings is 1. The molecule has 1 aromatic carbocycles. The molecule has 25 heavy (non-hydrogen) atoms. The van der Waals surface area contributed by atoms with Crippen molar-refractivity contribution >= 4 is 5.97 Å². The Morgan fingerprint density at radius 1 is 1.28 bits per heavy atom. The number of aromatic carboxylic acids is 1. The summed E-state index contributed by atoms with van der Waals surface area (Å²) < 4.78 is 7.68. The lowest BCUT2D eigenvalue weighted by molar-refractivity contribution is 0.0690. The van der Waals surface area contributed by atoms with Gasteiger partial charge >= 0.3 is 5.97 Å². The quantitative estimate of drug-likeness (QED) is 0.877. The highest BCUT2D eigenvalue weighted by Gasteiger charge is 2.23. The van der Waals surface area contributed by atoms with Gasteiger partial charge in [-0.05, 0) is 38.2 Å². The number of aryl methyl sites for hydroxylation is 2. The van der Waals surface area contributed by atoms with Gasteiger partial charge in [0.2, 0.25) is 0 Å². The number of nitrogens with zero attached hydrogens (tertiary/aromatic N) is 1. The van der Waals surface area contributed by atoms with Crippen LogP contribution >= 0.6 is 0 Å². The van der Waals surface area contributed by atoms with E-state index in [1.807, 2.05) is 41.8 Å². The maximum Gasteiger partial charge on any atom is 0.341 e. The molecule has 1 saturated heterocycles. The molecule has 5 heteroatoms. The lowest BCUT2D eigenvalue weighted by Crippen LogP contribution is -2.28. The first kappa shape index (κ1) is 17.4. The van der Waals surface area contributed by atoms with Crippen LogP contribution in [0.1, 0.15) is 40.2 Å². The van der Waals surface area contributed by atoms with E-state index in [2.05, 4.69) is 0 Å². The second-order valence-electron chi connectivity index (χ2n) is 6.51. The zero-order valence-corrected chi connectivity index (χ0v) is 14.4. The SMILES string of the molecule is Cc1cc(=O)c(C(=O)O)c(CCc2ccccc2)n1C[C@H]1CCCO1. The minimum Gasteiger partial charge on any atom is -0.477 e. The molecule has 0 saturated carbocycles. The standard InChI is InChI=1S/C20H23NO4/c1-14-12-18(22)19(20(23)24)17(10-9-15-6-3-2-4-7-15)21(14)13-16-8-5-11-25-16/h2-4,6-7,12,16H,5,8-11,13H2,1H3,(H,23,24)/t16-/m1/s1. The highest BCUT2D eigenvalue weighted by atomic mass is 16.5. The summed E-state index contributed by atoms with van der Waals surface area (Å²) in [6.45, 7) is 3.19. The van der Waals surface area contributed by atoms with E-state index in [4.69, 9.17) is 4.74 Å². The van der Waals surface area contributed by atoms with E-state index in [0.717, 1.165) is 30.7 Å². The lowest BCUT2D eigenvalue weighted by Gasteiger charge is -2.21. The second-order valence-corrected chi connectivity index (χ2v) is 6.51. The van der Waals surface area contributed by atoms with Crippen molar-refractivity contribution in [3.05, 3.63) is 69.1 Å². The van der Waals surface area contributed by atoms with Gasteiger partial charge in [0.25, 0.3) is 0 Å². The largest absolute Gasteiger partial charge is 0.477 e. The Morgan fingerprint density at radius 2 is 2.04 bits per heavy atom. The van der Waals surface area contributed by atoms with Crippen LogP contribution in [0.15, 0.2) is 41.2 Å². The van der Waals surface area contributed by atoms with Crippen molar-refractivity contribution in [1.29, 1.82) is 0 Å². The number of hydrogen-bond donors (Lipinski definition) is 1. The van der Waals surface area contributed by atoms with Crippen molar-refractivity contribution in [3.63, 3.8) is 0 Å². The monoisotopic (exact) mass is 341 g/mol. The van der Waals surface area contributed by atoms with Crippen LogP contribution in [0.25, 0.3) is 0 Å². The fourth-order valence-corrected chi connectivity index (χ4v) is 3.47. The molecule has 1 N–H and O–H groups in total. The van der Waals surface area contributed by atoms with Crippen LogP contribution in [0.5, 0.6) is 0 Å². The number of ether oxygens (including phenoxy) is 1. The van der Waals surface area contributed by atoms with Gasteiger partial charge in [0.15, 0.2) is 5.43 Å². The van der Waals surface area contributed by atoms with Gasteiger partial charge in [-0.1, -0.05) is 30.3 Å². The van der Waals surface area contributed by atoms with Gasteiger partial charge in [0.05, 0.1) is 6.10 Å². The van der Waals surface area contributed by atoms with Crippen molar-refractivity contribution in [2.24, 2.45) is 0 Å². The number of carboxylic acids is 1. The summed E-state index contributed by atoms with van der Waals surface area (Å²) in [5.41, 5.74) is 1.97. The predicted octanol–water partition coefficient (Wildman–Crippen LogP) is 2.82. The number of aromatic nitrogens is 1. The zero-order valence-electron chi connectivity index (χ0n) is 14.4. The summed E-state index contributed by atoms with van der Waals surface area (Å²) >= 11 is 0. The first-order valence-corrected chi connectivity index (χ1v) is 8.68. The molecule has 132 valence electrons. The number of carboxylic acid groups (broad SMARTS) is 1. The summed E-state index contributed by atoms with van der Waals surface area (Å²) in [6, 6.07) is 11.3. The van der Waals surface area contributed by atoms with E-state index >= 15 is 0 Å². The number of hydrogen-bond acceptors (Lipinski definition) is 3. The molecule has 3 rings (SSSR count). The van der Waals surface area contributed by atoms with E-state index in [0.29, 0.717) is 25.1 Å². The lowest BCUT2D eigenvalue weighted by atomic mass is 10.0. The molecule has 1 fully saturated rings. The van der Waals surface area contributed by atoms with Crippen molar-refractivity contribution in [2.45, 2.75) is 45.3 Å². The number of rotatable bonds is 6. The van der Waals surface area contributed by atoms with Crippen LogP contribution in [0.4, 0.5) is 0 Å². The smallest absolute Gasteiger partial charge is 0.341 e. The Bertz CT molecular complexity index is 804. The van der Waals surface area contributed by atoms with Crippen LogP contribution in [-0.2, 0) is 24.1 Å². The normalized spacial score (nSPS) is 16.9. The Hall–Kier alpha value is -2.40. The molecule has 1 aliphatic heterocycles. The summed E-state index contributed by atoms with van der Waals surface area (Å²) in [5, 5.41) is 9.58. The van der Waals surface area contributed by atoms with Crippen LogP contribution in [0.2, 0.25) is 0 Å². The van der Waals surface area contributed by atoms with Gasteiger partial charge in [0, 0.05) is 30.6 Å². The Kier molecular flexibility index (Phi) is 5.34. The molecule has 1 aliphatic rings. The van der Waals surface area contributed by atoms with Crippen LogP contribution < -0.4 is 5.43 Å². The van der Waals surface area contributed by atoms with Crippen molar-refractivity contribution < 1.29 is 14.6 Å². The molecule has 1 atom stereocenters. The fourth-order valence-electron chi connectivity index (χ4n) is 3.47. The first-order chi connectivity index (χ1) is 12.1. The summed E-state index contributed by atoms with van der Waals surface area (Å²) in [6.07, 6.45) is 3.27. The molecule has 5 nitrogen and oxygen atoms in total. The molecular formula is C20H23NO4. The average molecular weight is 341 g/mol. The van der Waals surface area contributed by atoms with E-state index in [9.17, 15) is 14.7 Å². The van der Waals surface area contributed by atoms with Gasteiger partial charge < -0.3 is 14.4 Å². The Labute approximate surface area is 146 Å². The van der Waals surface area contributed by atoms with Crippen molar-refractivity contribution in [1.82, 2.24) is 4.57 Å². The van der Waals surface area contributed by atoms with Gasteiger partial charge in [0.1, 0.15) is 5.56 Å². The fraction of sp³-hybridized carbons (Fsp3) is 0.400. The molecular weight excluding hydrogens is 318 g/mol. The predicted molar refractivity (Wildman–Crippen MR) is 95.2 cm³/mol. The number of benzene rings is 1. The Balaban J connectivity index is 1.98. The molecule has 0 radical (unpaired) electrons. The van der Waals surface area contributed by atoms with E-state index in [1.165, 1.54) is 6.07 Å². The second kappa shape index (κ2) is 7.66. The maximum absolute atomic E-state index is 12.3. The van der Waals surface area contributed by atoms with E-state index in [1.54, 1.807) is 0 Å². The van der Waals surface area contributed by atoms with Gasteiger partial charge in [-0.3, -0.25) is 4.79 Å². The highest BCUT2D eigenvalue weighted by molar-refractivity contribution is 5.88. The molecule has 0 spiro atoms. The molecule has 2 aromatic rings. The first-order valence-electron chi connectivity index (χ1n) is 8.68. The molecule has 0 unspecified atom stereocenters. The van der Waals surface area contributed by atoms with Gasteiger partial charge in [-0.25, -0.2) is 4.79 Å². The van der Waals surface area contributed by atoms with E-state index < -0.39 is 11.4 Å². The summed E-state index contributed by atoms with van der Waals surface area (Å²) in [5.74, 6) is -1.16. The third-order valence-corrected chi connectivity index (χ3v) is 4.74. The third-order valence-electron chi connectivity index (χ3n) is 4.74. The molecule has 0 amide bonds. The van der Waals surface area contributed by atoms with Crippen LogP contribution in [-0.4, -0.2) is 28.4 Å². The molecule has 0 bridgehead atoms. The van der Waals surface area contributed by atoms with Crippen LogP contribution in [0.3, 0.4) is 0 Å². The topological polar surface area (TPSA) is 68.5 Å². The van der Waals surface area contributed by atoms with Crippen molar-refractivity contribution in [3.8, 4) is 0 Å². The molecule has 2 heterocycles. The highest BCUT2D eigenvalue weighted by Crippen LogP contribution is 2.19. The summed E-state index contributed by atoms with van der Waals surface area (Å²) in [4.78, 5) is 24.0. The average Bonchev–Trinajstić information content (AvgIpc) is 3.09. The molecule has 0 aliphatic carbocycles. The zero-order chi connectivity index (χ0) is 17.8. The third kappa shape index (κ3) is 3.99.